The van der Waals surface area contributed by atoms with Gasteiger partial charge in [-0.1, -0.05) is 12.2 Å². The van der Waals surface area contributed by atoms with Gasteiger partial charge in [-0.3, -0.25) is 33.6 Å². The fraction of sp³-hybridized carbons (Fsp3) is 0.364. The highest BCUT2D eigenvalue weighted by atomic mass is 16.5. The number of hydrogen-bond acceptors (Lipinski definition) is 11. The zero-order valence-electron chi connectivity index (χ0n) is 36.1. The highest BCUT2D eigenvalue weighted by Crippen LogP contribution is 2.37. The summed E-state index contributed by atoms with van der Waals surface area (Å²) in [5.74, 6) is -0.165. The standard InChI is InChI=1S/C44H50N14O6/c1-5-57-33(18-25(3)52-57)39-47-24-31-30-20-28(37(45)59)22-35(64-17-9-10-27-11-15-54(16-12-27)44(62)63)36(30)55(40(31)50-39)13-7-8-14-56-41-32(21-29(23-48-41)38(46)60)49-43(56)51-42(61)34-19-26(4)53-58(34)6-2/h7-8,18-24,27H,5-6,9-17H2,1-4H3,(H2,45,59)(H2,46,60)(H,62,63)(H,49,51,61). The zero-order chi connectivity index (χ0) is 45.2. The van der Waals surface area contributed by atoms with Crippen LogP contribution in [0.25, 0.3) is 44.6 Å². The minimum atomic E-state index is -0.888. The number of allylic oxidation sites excluding steroid dienone is 2. The van der Waals surface area contributed by atoms with E-state index < -0.39 is 23.8 Å². The number of pyridine rings is 1. The number of aryl methyl sites for hydroxylation is 4. The van der Waals surface area contributed by atoms with E-state index in [4.69, 9.17) is 26.2 Å². The number of primary amides is 2. The van der Waals surface area contributed by atoms with Crippen LogP contribution in [-0.2, 0) is 26.2 Å². The molecule has 0 radical (unpaired) electrons. The van der Waals surface area contributed by atoms with Crippen molar-refractivity contribution in [1.82, 2.24) is 53.5 Å². The summed E-state index contributed by atoms with van der Waals surface area (Å²) < 4.78 is 13.7. The third kappa shape index (κ3) is 8.57. The number of piperidine rings is 1. The number of nitrogens with two attached hydrogens (primary N) is 2. The van der Waals surface area contributed by atoms with Gasteiger partial charge in [0.05, 0.1) is 29.1 Å². The van der Waals surface area contributed by atoms with E-state index in [0.717, 1.165) is 37.1 Å². The molecule has 7 aromatic rings. The van der Waals surface area contributed by atoms with E-state index in [9.17, 15) is 24.3 Å². The fourth-order valence-electron chi connectivity index (χ4n) is 8.36. The number of imidazole rings is 1. The van der Waals surface area contributed by atoms with Crippen LogP contribution in [0.5, 0.6) is 5.75 Å². The summed E-state index contributed by atoms with van der Waals surface area (Å²) in [5.41, 5.74) is 16.6. The van der Waals surface area contributed by atoms with Gasteiger partial charge in [0.1, 0.15) is 28.3 Å². The Morgan fingerprint density at radius 2 is 1.53 bits per heavy atom. The molecule has 0 bridgehead atoms. The second-order valence-corrected chi connectivity index (χ2v) is 15.9. The molecular weight excluding hydrogens is 821 g/mol. The number of likely N-dealkylation sites (tertiary alicyclic amines) is 1. The highest BCUT2D eigenvalue weighted by Gasteiger charge is 2.24. The van der Waals surface area contributed by atoms with Crippen molar-refractivity contribution < 1.29 is 29.0 Å². The molecule has 0 spiro atoms. The number of carbonyl (C=O) groups is 4. The van der Waals surface area contributed by atoms with Crippen LogP contribution in [0.1, 0.15) is 82.1 Å². The van der Waals surface area contributed by atoms with E-state index in [1.54, 1.807) is 33.6 Å². The summed E-state index contributed by atoms with van der Waals surface area (Å²) in [6.45, 7) is 10.6. The Labute approximate surface area is 366 Å². The number of anilines is 1. The van der Waals surface area contributed by atoms with Crippen molar-refractivity contribution >= 4 is 62.9 Å². The molecule has 6 N–H and O–H groups in total. The van der Waals surface area contributed by atoms with Crippen LogP contribution in [-0.4, -0.2) is 102 Å². The number of aromatic nitrogens is 10. The number of rotatable bonds is 16. The maximum atomic E-state index is 13.6. The number of ether oxygens (including phenoxy) is 1. The van der Waals surface area contributed by atoms with Gasteiger partial charge in [0.2, 0.25) is 17.8 Å². The van der Waals surface area contributed by atoms with E-state index >= 15 is 0 Å². The monoisotopic (exact) mass is 870 g/mol. The molecule has 1 aromatic carbocycles. The third-order valence-corrected chi connectivity index (χ3v) is 11.5. The Bertz CT molecular complexity index is 2970. The quantitative estimate of drug-likeness (QED) is 0.0712. The van der Waals surface area contributed by atoms with Crippen LogP contribution in [0.2, 0.25) is 0 Å². The van der Waals surface area contributed by atoms with Gasteiger partial charge in [-0.2, -0.15) is 10.2 Å². The number of fused-ring (bicyclic) bond motifs is 4. The van der Waals surface area contributed by atoms with Gasteiger partial charge in [0.15, 0.2) is 11.5 Å². The van der Waals surface area contributed by atoms with Gasteiger partial charge < -0.3 is 30.8 Å². The molecular formula is C44H50N14O6. The summed E-state index contributed by atoms with van der Waals surface area (Å²) in [6.07, 6.45) is 9.25. The Morgan fingerprint density at radius 3 is 2.23 bits per heavy atom. The Morgan fingerprint density at radius 1 is 0.828 bits per heavy atom. The second kappa shape index (κ2) is 18.0. The molecule has 6 aromatic heterocycles. The number of hydrogen-bond donors (Lipinski definition) is 4. The number of carbonyl (C=O) groups excluding carboxylic acids is 3. The lowest BCUT2D eigenvalue weighted by Gasteiger charge is -2.29. The molecule has 1 aliphatic rings. The largest absolute Gasteiger partial charge is 0.491 e. The van der Waals surface area contributed by atoms with Crippen molar-refractivity contribution in [3.63, 3.8) is 0 Å². The van der Waals surface area contributed by atoms with Gasteiger partial charge in [-0.15, -0.1) is 0 Å². The number of benzene rings is 1. The summed E-state index contributed by atoms with van der Waals surface area (Å²) >= 11 is 0. The van der Waals surface area contributed by atoms with Crippen LogP contribution < -0.4 is 21.5 Å². The Kier molecular flexibility index (Phi) is 12.1. The van der Waals surface area contributed by atoms with Crippen LogP contribution in [0, 0.1) is 19.8 Å². The predicted octanol–water partition coefficient (Wildman–Crippen LogP) is 5.30. The number of amides is 4. The van der Waals surface area contributed by atoms with Crippen molar-refractivity contribution in [3.8, 4) is 17.3 Å². The second-order valence-electron chi connectivity index (χ2n) is 15.9. The Hall–Kier alpha value is -7.64. The fourth-order valence-corrected chi connectivity index (χ4v) is 8.36. The molecule has 332 valence electrons. The normalized spacial score (nSPS) is 13.5. The number of nitrogens with one attached hydrogen (secondary N) is 1. The van der Waals surface area contributed by atoms with Crippen LogP contribution in [0.15, 0.2) is 54.9 Å². The van der Waals surface area contributed by atoms with Crippen molar-refractivity contribution in [3.05, 3.63) is 83.1 Å². The van der Waals surface area contributed by atoms with Crippen molar-refractivity contribution in [2.24, 2.45) is 17.4 Å². The van der Waals surface area contributed by atoms with E-state index in [1.165, 1.54) is 17.2 Å². The van der Waals surface area contributed by atoms with Gasteiger partial charge in [0.25, 0.3) is 5.91 Å². The van der Waals surface area contributed by atoms with E-state index in [-0.39, 0.29) is 23.6 Å². The molecule has 1 saturated heterocycles. The topological polar surface area (TPSA) is 262 Å². The first-order valence-corrected chi connectivity index (χ1v) is 21.3. The van der Waals surface area contributed by atoms with Crippen LogP contribution in [0.4, 0.5) is 10.7 Å². The Balaban J connectivity index is 1.15. The molecule has 0 atom stereocenters. The smallest absolute Gasteiger partial charge is 0.407 e. The molecule has 0 saturated carbocycles. The molecule has 1 fully saturated rings. The predicted molar refractivity (Wildman–Crippen MR) is 238 cm³/mol. The van der Waals surface area contributed by atoms with Gasteiger partial charge in [-0.25, -0.2) is 24.7 Å². The lowest BCUT2D eigenvalue weighted by atomic mass is 9.92. The molecule has 64 heavy (non-hydrogen) atoms. The van der Waals surface area contributed by atoms with Crippen LogP contribution >= 0.6 is 0 Å². The molecule has 1 aliphatic heterocycles. The third-order valence-electron chi connectivity index (χ3n) is 11.5. The first kappa shape index (κ1) is 43.0. The summed E-state index contributed by atoms with van der Waals surface area (Å²) in [6, 6.07) is 8.56. The number of carboxylic acid groups (broad SMARTS) is 1. The summed E-state index contributed by atoms with van der Waals surface area (Å²) in [4.78, 5) is 70.3. The average molecular weight is 871 g/mol. The lowest BCUT2D eigenvalue weighted by molar-refractivity contribution is 0.0991. The summed E-state index contributed by atoms with van der Waals surface area (Å²) in [5, 5.41) is 22.7. The molecule has 8 rings (SSSR count). The first-order chi connectivity index (χ1) is 30.8. The van der Waals surface area contributed by atoms with Crippen molar-refractivity contribution in [2.45, 2.75) is 79.6 Å². The molecule has 7 heterocycles. The maximum Gasteiger partial charge on any atom is 0.407 e. The molecule has 20 heteroatoms. The average Bonchev–Trinajstić information content (AvgIpc) is 4.04. The van der Waals surface area contributed by atoms with Gasteiger partial charge >= 0.3 is 6.09 Å². The van der Waals surface area contributed by atoms with Crippen molar-refractivity contribution in [1.29, 1.82) is 0 Å². The van der Waals surface area contributed by atoms with Crippen molar-refractivity contribution in [2.75, 3.05) is 25.0 Å². The maximum absolute atomic E-state index is 13.6. The molecule has 0 aliphatic carbocycles. The summed E-state index contributed by atoms with van der Waals surface area (Å²) in [7, 11) is 0. The van der Waals surface area contributed by atoms with Gasteiger partial charge in [-0.05, 0) is 89.6 Å². The van der Waals surface area contributed by atoms with E-state index in [2.05, 4.69) is 25.5 Å². The zero-order valence-corrected chi connectivity index (χ0v) is 36.1. The minimum absolute atomic E-state index is 0.175. The number of nitrogens with zero attached hydrogens (tertiary/aromatic N) is 11. The van der Waals surface area contributed by atoms with Crippen LogP contribution in [0.3, 0.4) is 0 Å². The SMILES string of the molecule is CCn1nc(C)cc1C(=O)Nc1nc2cc(C(N)=O)cnc2n1CC=CCn1c2nc(-c3cc(C)nn3CC)ncc2c2cc(C(N)=O)cc(OCCCC3CCN(C(=O)O)CC3)c21. The minimum Gasteiger partial charge on any atom is -0.491 e. The highest BCUT2D eigenvalue weighted by molar-refractivity contribution is 6.12. The van der Waals surface area contributed by atoms with Gasteiger partial charge in [0, 0.05) is 68.0 Å². The first-order valence-electron chi connectivity index (χ1n) is 21.3. The van der Waals surface area contributed by atoms with E-state index in [1.807, 2.05) is 55.2 Å². The molecule has 0 unspecified atom stereocenters. The van der Waals surface area contributed by atoms with E-state index in [0.29, 0.717) is 101 Å². The lowest BCUT2D eigenvalue weighted by Crippen LogP contribution is -2.37. The molecule has 4 amide bonds. The molecule has 20 nitrogen and oxygen atoms in total.